The van der Waals surface area contributed by atoms with Crippen molar-refractivity contribution in [3.63, 3.8) is 0 Å². The van der Waals surface area contributed by atoms with Crippen LogP contribution in [0.3, 0.4) is 0 Å². The van der Waals surface area contributed by atoms with Gasteiger partial charge in [-0.05, 0) is 92.9 Å². The van der Waals surface area contributed by atoms with Crippen LogP contribution in [0.2, 0.25) is 0 Å². The molecule has 0 aromatic heterocycles. The van der Waals surface area contributed by atoms with Gasteiger partial charge in [0.2, 0.25) is 0 Å². The Kier molecular flexibility index (Phi) is 9.55. The largest absolute Gasteiger partial charge is 0.416 e. The lowest BCUT2D eigenvalue weighted by Crippen LogP contribution is -2.25. The van der Waals surface area contributed by atoms with E-state index in [0.29, 0.717) is 17.8 Å². The van der Waals surface area contributed by atoms with E-state index in [1.54, 1.807) is 18.2 Å². The first-order chi connectivity index (χ1) is 15.8. The van der Waals surface area contributed by atoms with Gasteiger partial charge >= 0.3 is 6.18 Å². The Morgan fingerprint density at radius 3 is 2.21 bits per heavy atom. The van der Waals surface area contributed by atoms with Crippen LogP contribution >= 0.6 is 0 Å². The summed E-state index contributed by atoms with van der Waals surface area (Å²) in [5.74, 6) is 0.871. The van der Waals surface area contributed by atoms with Crippen LogP contribution < -0.4 is 0 Å². The fraction of sp³-hybridized carbons (Fsp3) is 0.593. The van der Waals surface area contributed by atoms with Gasteiger partial charge in [0.05, 0.1) is 11.7 Å². The fourth-order valence-corrected chi connectivity index (χ4v) is 5.08. The van der Waals surface area contributed by atoms with Gasteiger partial charge in [0.25, 0.3) is 0 Å². The predicted octanol–water partition coefficient (Wildman–Crippen LogP) is 8.27. The quantitative estimate of drug-likeness (QED) is 0.221. The molecule has 0 unspecified atom stereocenters. The number of rotatable bonds is 8. The molecule has 2 fully saturated rings. The van der Waals surface area contributed by atoms with Gasteiger partial charge < -0.3 is 4.74 Å². The van der Waals surface area contributed by atoms with Crippen molar-refractivity contribution < 1.29 is 22.3 Å². The Morgan fingerprint density at radius 2 is 1.61 bits per heavy atom. The second kappa shape index (κ2) is 12.4. The maximum atomic E-state index is 12.8. The van der Waals surface area contributed by atoms with Crippen LogP contribution in [0.1, 0.15) is 81.3 Å². The van der Waals surface area contributed by atoms with Gasteiger partial charge in [-0.25, -0.2) is 0 Å². The van der Waals surface area contributed by atoms with Gasteiger partial charge in [0.1, 0.15) is 6.07 Å². The highest BCUT2D eigenvalue weighted by atomic mass is 19.4. The van der Waals surface area contributed by atoms with E-state index >= 15 is 0 Å². The fourth-order valence-electron chi connectivity index (χ4n) is 5.08. The third kappa shape index (κ3) is 8.30. The van der Waals surface area contributed by atoms with Crippen molar-refractivity contribution in [2.24, 2.45) is 11.8 Å². The van der Waals surface area contributed by atoms with E-state index in [4.69, 9.17) is 10.00 Å². The highest BCUT2D eigenvalue weighted by molar-refractivity contribution is 5.27. The van der Waals surface area contributed by atoms with Crippen LogP contribution in [0.25, 0.3) is 0 Å². The molecule has 0 bridgehead atoms. The van der Waals surface area contributed by atoms with E-state index in [0.717, 1.165) is 50.7 Å². The van der Waals surface area contributed by atoms with Gasteiger partial charge in [-0.3, -0.25) is 0 Å². The first kappa shape index (κ1) is 25.5. The van der Waals surface area contributed by atoms with Gasteiger partial charge in [-0.15, -0.1) is 0 Å². The van der Waals surface area contributed by atoms with E-state index in [9.17, 15) is 17.6 Å². The number of hydrogen-bond donors (Lipinski definition) is 0. The van der Waals surface area contributed by atoms with E-state index in [1.807, 2.05) is 6.08 Å². The molecule has 0 radical (unpaired) electrons. The third-order valence-corrected chi connectivity index (χ3v) is 7.14. The Morgan fingerprint density at radius 1 is 0.970 bits per heavy atom. The van der Waals surface area contributed by atoms with Crippen LogP contribution in [0.15, 0.2) is 48.3 Å². The summed E-state index contributed by atoms with van der Waals surface area (Å²) in [6.07, 6.45) is 11.3. The molecule has 2 nitrogen and oxygen atoms in total. The van der Waals surface area contributed by atoms with Crippen molar-refractivity contribution in [3.8, 4) is 6.07 Å². The number of nitrogens with zero attached hydrogens (tertiary/aromatic N) is 1. The molecule has 2 saturated carbocycles. The van der Waals surface area contributed by atoms with Gasteiger partial charge in [0.15, 0.2) is 5.83 Å². The molecule has 1 aromatic carbocycles. The molecule has 33 heavy (non-hydrogen) atoms. The first-order valence-electron chi connectivity index (χ1n) is 12.1. The Labute approximate surface area is 194 Å². The van der Waals surface area contributed by atoms with Crippen molar-refractivity contribution in [1.29, 1.82) is 5.26 Å². The molecule has 0 amide bonds. The number of nitriles is 1. The molecule has 3 rings (SSSR count). The zero-order valence-electron chi connectivity index (χ0n) is 19.0. The monoisotopic (exact) mass is 463 g/mol. The molecule has 0 atom stereocenters. The molecule has 0 N–H and O–H groups in total. The summed E-state index contributed by atoms with van der Waals surface area (Å²) in [5.41, 5.74) is 0.415. The molecule has 0 aliphatic heterocycles. The second-order valence-corrected chi connectivity index (χ2v) is 9.45. The molecule has 2 aliphatic rings. The highest BCUT2D eigenvalue weighted by Gasteiger charge is 2.31. The summed E-state index contributed by atoms with van der Waals surface area (Å²) in [4.78, 5) is 0. The molecule has 1 aromatic rings. The molecular weight excluding hydrogens is 430 g/mol. The molecule has 0 heterocycles. The van der Waals surface area contributed by atoms with Crippen LogP contribution in [-0.2, 0) is 10.9 Å². The minimum Gasteiger partial charge on any atom is -0.378 e. The lowest BCUT2D eigenvalue weighted by atomic mass is 9.80. The lowest BCUT2D eigenvalue weighted by molar-refractivity contribution is -0.137. The minimum absolute atomic E-state index is 0.264. The normalized spacial score (nSPS) is 26.9. The summed E-state index contributed by atoms with van der Waals surface area (Å²) >= 11 is 0. The number of alkyl halides is 3. The Balaban J connectivity index is 1.30. The van der Waals surface area contributed by atoms with Crippen molar-refractivity contribution in [1.82, 2.24) is 0 Å². The Hall–Kier alpha value is -2.13. The number of hydrogen-bond acceptors (Lipinski definition) is 2. The summed E-state index contributed by atoms with van der Waals surface area (Å²) < 4.78 is 57.2. The summed E-state index contributed by atoms with van der Waals surface area (Å²) in [6.45, 7) is 0.806. The van der Waals surface area contributed by atoms with Crippen molar-refractivity contribution >= 4 is 0 Å². The third-order valence-electron chi connectivity index (χ3n) is 7.14. The first-order valence-corrected chi connectivity index (χ1v) is 12.1. The van der Waals surface area contributed by atoms with E-state index in [-0.39, 0.29) is 6.10 Å². The Bertz CT molecular complexity index is 821. The second-order valence-electron chi connectivity index (χ2n) is 9.45. The number of allylic oxidation sites excluding steroid dienone is 4. The van der Waals surface area contributed by atoms with Crippen molar-refractivity contribution in [3.05, 3.63) is 59.4 Å². The van der Waals surface area contributed by atoms with E-state index < -0.39 is 17.6 Å². The van der Waals surface area contributed by atoms with Gasteiger partial charge in [-0.2, -0.15) is 22.8 Å². The smallest absolute Gasteiger partial charge is 0.378 e. The SMILES string of the molecule is N#C/C(F)=C/C=C/CCC1CCC(COC2CCC(c3ccc(C(F)(F)F)cc3)CC2)CC1. The summed E-state index contributed by atoms with van der Waals surface area (Å²) in [7, 11) is 0. The molecular formula is C27H33F4NO. The highest BCUT2D eigenvalue weighted by Crippen LogP contribution is 2.37. The molecule has 0 spiro atoms. The molecule has 6 heteroatoms. The topological polar surface area (TPSA) is 33.0 Å². The zero-order chi connectivity index (χ0) is 23.7. The van der Waals surface area contributed by atoms with Crippen LogP contribution in [0.4, 0.5) is 17.6 Å². The van der Waals surface area contributed by atoms with Crippen molar-refractivity contribution in [2.45, 2.75) is 82.4 Å². The minimum atomic E-state index is -4.28. The molecule has 0 saturated heterocycles. The average Bonchev–Trinajstić information content (AvgIpc) is 2.83. The predicted molar refractivity (Wildman–Crippen MR) is 121 cm³/mol. The summed E-state index contributed by atoms with van der Waals surface area (Å²) in [6, 6.07) is 7.10. The van der Waals surface area contributed by atoms with Crippen LogP contribution in [-0.4, -0.2) is 12.7 Å². The number of benzene rings is 1. The number of ether oxygens (including phenoxy) is 1. The maximum absolute atomic E-state index is 12.8. The van der Waals surface area contributed by atoms with Gasteiger partial charge in [0, 0.05) is 6.61 Å². The van der Waals surface area contributed by atoms with Crippen LogP contribution in [0.5, 0.6) is 0 Å². The van der Waals surface area contributed by atoms with Gasteiger partial charge in [-0.1, -0.05) is 37.1 Å². The molecule has 180 valence electrons. The lowest BCUT2D eigenvalue weighted by Gasteiger charge is -2.32. The number of halogens is 4. The van der Waals surface area contributed by atoms with Crippen LogP contribution in [0, 0.1) is 23.2 Å². The molecule has 2 aliphatic carbocycles. The van der Waals surface area contributed by atoms with Crippen molar-refractivity contribution in [2.75, 3.05) is 6.61 Å². The maximum Gasteiger partial charge on any atom is 0.416 e. The van der Waals surface area contributed by atoms with E-state index in [1.165, 1.54) is 50.0 Å². The zero-order valence-corrected chi connectivity index (χ0v) is 19.0. The summed E-state index contributed by atoms with van der Waals surface area (Å²) in [5, 5.41) is 8.37. The average molecular weight is 464 g/mol. The van der Waals surface area contributed by atoms with E-state index in [2.05, 4.69) is 0 Å². The standard InChI is InChI=1S/C27H33F4NO/c28-25(18-32)5-3-1-2-4-20-6-8-21(9-7-20)19-33-26-16-12-23(13-17-26)22-10-14-24(15-11-22)27(29,30)31/h1,3,5,10-11,14-15,20-21,23,26H,2,4,6-9,12-13,16-17,19H2/b3-1+,25-5-.